The van der Waals surface area contributed by atoms with Crippen LogP contribution in [0.15, 0.2) is 0 Å². The van der Waals surface area contributed by atoms with Crippen molar-refractivity contribution >= 4 is 17.3 Å². The average molecular weight is 199 g/mol. The monoisotopic (exact) mass is 199 g/mol. The van der Waals surface area contributed by atoms with Crippen LogP contribution in [0.25, 0.3) is 0 Å². The van der Waals surface area contributed by atoms with Crippen molar-refractivity contribution in [1.29, 1.82) is 0 Å². The minimum Gasteiger partial charge on any atom is -0.481 e. The van der Waals surface area contributed by atoms with E-state index in [0.717, 1.165) is 28.4 Å². The van der Waals surface area contributed by atoms with E-state index in [2.05, 4.69) is 11.9 Å². The van der Waals surface area contributed by atoms with Gasteiger partial charge in [0.05, 0.1) is 17.1 Å². The Morgan fingerprint density at radius 2 is 2.31 bits per heavy atom. The molecule has 4 heteroatoms. The molecule has 0 bridgehead atoms. The second-order valence-electron chi connectivity index (χ2n) is 2.92. The summed E-state index contributed by atoms with van der Waals surface area (Å²) in [5.74, 6) is -0.777. The molecule has 0 spiro atoms. The molecule has 0 aliphatic heterocycles. The molecule has 0 aromatic carbocycles. The molecule has 0 unspecified atom stereocenters. The van der Waals surface area contributed by atoms with Crippen molar-refractivity contribution in [2.75, 3.05) is 0 Å². The first kappa shape index (κ1) is 10.2. The Kier molecular flexibility index (Phi) is 3.42. The zero-order valence-electron chi connectivity index (χ0n) is 7.83. The normalized spacial score (nSPS) is 10.3. The first-order valence-electron chi connectivity index (χ1n) is 4.30. The summed E-state index contributed by atoms with van der Waals surface area (Å²) in [6.07, 6.45) is 2.00. The fourth-order valence-corrected chi connectivity index (χ4v) is 2.19. The summed E-state index contributed by atoms with van der Waals surface area (Å²) in [7, 11) is 0. The van der Waals surface area contributed by atoms with Gasteiger partial charge < -0.3 is 5.11 Å². The lowest BCUT2D eigenvalue weighted by molar-refractivity contribution is -0.136. The molecule has 1 aromatic heterocycles. The van der Waals surface area contributed by atoms with Crippen molar-refractivity contribution in [3.8, 4) is 0 Å². The molecule has 13 heavy (non-hydrogen) atoms. The Hall–Kier alpha value is -0.900. The fourth-order valence-electron chi connectivity index (χ4n) is 1.22. The van der Waals surface area contributed by atoms with Crippen molar-refractivity contribution in [3.63, 3.8) is 0 Å². The maximum atomic E-state index is 10.5. The summed E-state index contributed by atoms with van der Waals surface area (Å²) < 4.78 is 0. The molecule has 0 amide bonds. The number of aromatic nitrogens is 1. The van der Waals surface area contributed by atoms with Crippen LogP contribution in [0.1, 0.15) is 28.9 Å². The summed E-state index contributed by atoms with van der Waals surface area (Å²) in [5, 5.41) is 9.61. The molecular formula is C9H13NO2S. The van der Waals surface area contributed by atoms with Crippen molar-refractivity contribution in [1.82, 2.24) is 4.98 Å². The van der Waals surface area contributed by atoms with E-state index in [1.807, 2.05) is 6.92 Å². The number of carboxylic acid groups (broad SMARTS) is 1. The lowest BCUT2D eigenvalue weighted by Gasteiger charge is -1.95. The highest BCUT2D eigenvalue weighted by Gasteiger charge is 2.10. The van der Waals surface area contributed by atoms with Crippen LogP contribution in [0.2, 0.25) is 0 Å². The number of carboxylic acids is 1. The van der Waals surface area contributed by atoms with Gasteiger partial charge in [-0.25, -0.2) is 4.98 Å². The molecular weight excluding hydrogens is 186 g/mol. The number of aliphatic carboxylic acids is 1. The SMILES string of the molecule is CCCc1nc(C)sc1CC(=O)O. The highest BCUT2D eigenvalue weighted by atomic mass is 32.1. The van der Waals surface area contributed by atoms with Crippen molar-refractivity contribution < 1.29 is 9.90 Å². The van der Waals surface area contributed by atoms with E-state index in [0.29, 0.717) is 0 Å². The van der Waals surface area contributed by atoms with Gasteiger partial charge in [0.2, 0.25) is 0 Å². The molecule has 0 radical (unpaired) electrons. The molecule has 0 saturated heterocycles. The number of hydrogen-bond acceptors (Lipinski definition) is 3. The van der Waals surface area contributed by atoms with E-state index in [4.69, 9.17) is 5.11 Å². The summed E-state index contributed by atoms with van der Waals surface area (Å²) in [5.41, 5.74) is 0.965. The molecule has 1 heterocycles. The van der Waals surface area contributed by atoms with Crippen molar-refractivity contribution in [2.45, 2.75) is 33.1 Å². The van der Waals surface area contributed by atoms with Crippen molar-refractivity contribution in [2.24, 2.45) is 0 Å². The van der Waals surface area contributed by atoms with Gasteiger partial charge in [-0.05, 0) is 13.3 Å². The lowest BCUT2D eigenvalue weighted by atomic mass is 10.2. The van der Waals surface area contributed by atoms with E-state index in [-0.39, 0.29) is 6.42 Å². The van der Waals surface area contributed by atoms with E-state index < -0.39 is 5.97 Å². The molecule has 0 saturated carbocycles. The van der Waals surface area contributed by atoms with Crippen LogP contribution in [0.4, 0.5) is 0 Å². The second-order valence-corrected chi connectivity index (χ2v) is 4.21. The average Bonchev–Trinajstić information content (AvgIpc) is 2.31. The first-order valence-corrected chi connectivity index (χ1v) is 5.12. The highest BCUT2D eigenvalue weighted by molar-refractivity contribution is 7.11. The molecule has 0 aliphatic rings. The van der Waals surface area contributed by atoms with Crippen LogP contribution in [-0.4, -0.2) is 16.1 Å². The smallest absolute Gasteiger partial charge is 0.308 e. The Morgan fingerprint density at radius 3 is 2.85 bits per heavy atom. The zero-order valence-corrected chi connectivity index (χ0v) is 8.65. The van der Waals surface area contributed by atoms with Gasteiger partial charge in [0, 0.05) is 4.88 Å². The van der Waals surface area contributed by atoms with Gasteiger partial charge in [-0.3, -0.25) is 4.79 Å². The van der Waals surface area contributed by atoms with Crippen molar-refractivity contribution in [3.05, 3.63) is 15.6 Å². The maximum absolute atomic E-state index is 10.5. The zero-order chi connectivity index (χ0) is 9.84. The van der Waals surface area contributed by atoms with Gasteiger partial charge >= 0.3 is 5.97 Å². The maximum Gasteiger partial charge on any atom is 0.308 e. The van der Waals surface area contributed by atoms with E-state index in [9.17, 15) is 4.79 Å². The number of thiazole rings is 1. The molecule has 0 fully saturated rings. The predicted octanol–water partition coefficient (Wildman–Crippen LogP) is 2.03. The van der Waals surface area contributed by atoms with Gasteiger partial charge in [0.1, 0.15) is 0 Å². The summed E-state index contributed by atoms with van der Waals surface area (Å²) in [4.78, 5) is 15.7. The fraction of sp³-hybridized carbons (Fsp3) is 0.556. The molecule has 1 N–H and O–H groups in total. The third-order valence-electron chi connectivity index (χ3n) is 1.68. The Morgan fingerprint density at radius 1 is 1.62 bits per heavy atom. The van der Waals surface area contributed by atoms with Gasteiger partial charge in [-0.2, -0.15) is 0 Å². The molecule has 1 rings (SSSR count). The Balaban J connectivity index is 2.83. The quantitative estimate of drug-likeness (QED) is 0.807. The minimum atomic E-state index is -0.777. The van der Waals surface area contributed by atoms with Crippen LogP contribution in [0, 0.1) is 6.92 Å². The number of carbonyl (C=O) groups is 1. The number of aryl methyl sites for hydroxylation is 2. The van der Waals surface area contributed by atoms with Crippen LogP contribution < -0.4 is 0 Å². The molecule has 0 aliphatic carbocycles. The predicted molar refractivity (Wildman–Crippen MR) is 52.2 cm³/mol. The van der Waals surface area contributed by atoms with Gasteiger partial charge in [0.25, 0.3) is 0 Å². The minimum absolute atomic E-state index is 0.112. The number of nitrogens with zero attached hydrogens (tertiary/aromatic N) is 1. The first-order chi connectivity index (χ1) is 6.13. The van der Waals surface area contributed by atoms with Crippen LogP contribution >= 0.6 is 11.3 Å². The van der Waals surface area contributed by atoms with E-state index in [1.165, 1.54) is 11.3 Å². The molecule has 72 valence electrons. The number of hydrogen-bond donors (Lipinski definition) is 1. The third kappa shape index (κ3) is 2.81. The summed E-state index contributed by atoms with van der Waals surface area (Å²) in [6, 6.07) is 0. The molecule has 1 aromatic rings. The van der Waals surface area contributed by atoms with Gasteiger partial charge in [-0.1, -0.05) is 13.3 Å². The third-order valence-corrected chi connectivity index (χ3v) is 2.70. The molecule has 0 atom stereocenters. The Labute approximate surface area is 81.4 Å². The number of rotatable bonds is 4. The van der Waals surface area contributed by atoms with Crippen LogP contribution in [0.3, 0.4) is 0 Å². The Bertz CT molecular complexity index is 307. The van der Waals surface area contributed by atoms with Gasteiger partial charge in [-0.15, -0.1) is 11.3 Å². The van der Waals surface area contributed by atoms with E-state index >= 15 is 0 Å². The largest absolute Gasteiger partial charge is 0.481 e. The lowest BCUT2D eigenvalue weighted by Crippen LogP contribution is -2.01. The standard InChI is InChI=1S/C9H13NO2S/c1-3-4-7-8(5-9(11)12)13-6(2)10-7/h3-5H2,1-2H3,(H,11,12). The highest BCUT2D eigenvalue weighted by Crippen LogP contribution is 2.19. The van der Waals surface area contributed by atoms with Gasteiger partial charge in [0.15, 0.2) is 0 Å². The van der Waals surface area contributed by atoms with Crippen LogP contribution in [-0.2, 0) is 17.6 Å². The topological polar surface area (TPSA) is 50.2 Å². The van der Waals surface area contributed by atoms with E-state index in [1.54, 1.807) is 0 Å². The summed E-state index contributed by atoms with van der Waals surface area (Å²) >= 11 is 1.49. The molecule has 3 nitrogen and oxygen atoms in total. The second kappa shape index (κ2) is 4.37. The van der Waals surface area contributed by atoms with Crippen LogP contribution in [0.5, 0.6) is 0 Å². The summed E-state index contributed by atoms with van der Waals surface area (Å²) in [6.45, 7) is 3.98.